The van der Waals surface area contributed by atoms with E-state index in [1.165, 1.54) is 12.1 Å². The first-order valence-electron chi connectivity index (χ1n) is 7.02. The van der Waals surface area contributed by atoms with Crippen LogP contribution in [-0.4, -0.2) is 39.1 Å². The summed E-state index contributed by atoms with van der Waals surface area (Å²) in [6.45, 7) is 7.04. The zero-order valence-corrected chi connectivity index (χ0v) is 11.8. The SMILES string of the molecule is CCCCN(CCO)Cc1c(C)nc2ccccn12. The summed E-state index contributed by atoms with van der Waals surface area (Å²) in [5.41, 5.74) is 3.29. The fraction of sp³-hybridized carbons (Fsp3) is 0.533. The molecule has 0 aliphatic carbocycles. The smallest absolute Gasteiger partial charge is 0.137 e. The van der Waals surface area contributed by atoms with E-state index in [0.29, 0.717) is 0 Å². The van der Waals surface area contributed by atoms with Crippen LogP contribution in [0.4, 0.5) is 0 Å². The largest absolute Gasteiger partial charge is 0.395 e. The average Bonchev–Trinajstić information content (AvgIpc) is 2.73. The molecule has 0 atom stereocenters. The molecule has 0 bridgehead atoms. The van der Waals surface area contributed by atoms with Gasteiger partial charge in [-0.2, -0.15) is 0 Å². The normalized spacial score (nSPS) is 11.6. The molecule has 0 fully saturated rings. The zero-order chi connectivity index (χ0) is 13.7. The van der Waals surface area contributed by atoms with Gasteiger partial charge in [0.25, 0.3) is 0 Å². The molecule has 0 amide bonds. The molecule has 0 aliphatic heterocycles. The number of aliphatic hydroxyl groups excluding tert-OH is 1. The monoisotopic (exact) mass is 261 g/mol. The molecule has 2 aromatic heterocycles. The van der Waals surface area contributed by atoms with Gasteiger partial charge in [0.1, 0.15) is 5.65 Å². The third-order valence-electron chi connectivity index (χ3n) is 3.45. The van der Waals surface area contributed by atoms with Crippen molar-refractivity contribution in [2.75, 3.05) is 19.7 Å². The van der Waals surface area contributed by atoms with Gasteiger partial charge in [0, 0.05) is 19.3 Å². The first-order valence-corrected chi connectivity index (χ1v) is 7.02. The molecule has 0 radical (unpaired) electrons. The summed E-state index contributed by atoms with van der Waals surface area (Å²) in [4.78, 5) is 6.88. The van der Waals surface area contributed by atoms with Crippen molar-refractivity contribution in [3.05, 3.63) is 35.8 Å². The van der Waals surface area contributed by atoms with Crippen LogP contribution in [0.1, 0.15) is 31.2 Å². The fourth-order valence-corrected chi connectivity index (χ4v) is 2.36. The van der Waals surface area contributed by atoms with Gasteiger partial charge in [0.05, 0.1) is 18.0 Å². The fourth-order valence-electron chi connectivity index (χ4n) is 2.36. The lowest BCUT2D eigenvalue weighted by atomic mass is 10.2. The Hall–Kier alpha value is -1.39. The predicted molar refractivity (Wildman–Crippen MR) is 77.2 cm³/mol. The Kier molecular flexibility index (Phi) is 4.93. The number of hydrogen-bond acceptors (Lipinski definition) is 3. The minimum atomic E-state index is 0.208. The van der Waals surface area contributed by atoms with Crippen molar-refractivity contribution in [1.82, 2.24) is 14.3 Å². The van der Waals surface area contributed by atoms with Crippen LogP contribution in [0.2, 0.25) is 0 Å². The number of fused-ring (bicyclic) bond motifs is 1. The van der Waals surface area contributed by atoms with Crippen molar-refractivity contribution >= 4 is 5.65 Å². The number of aliphatic hydroxyl groups is 1. The van der Waals surface area contributed by atoms with E-state index in [-0.39, 0.29) is 6.61 Å². The molecule has 0 spiro atoms. The molecule has 0 unspecified atom stereocenters. The summed E-state index contributed by atoms with van der Waals surface area (Å²) in [6, 6.07) is 6.06. The molecule has 4 nitrogen and oxygen atoms in total. The molecular weight excluding hydrogens is 238 g/mol. The van der Waals surface area contributed by atoms with Crippen molar-refractivity contribution in [2.24, 2.45) is 0 Å². The van der Waals surface area contributed by atoms with E-state index in [4.69, 9.17) is 0 Å². The highest BCUT2D eigenvalue weighted by Crippen LogP contribution is 2.14. The van der Waals surface area contributed by atoms with Crippen LogP contribution in [0, 0.1) is 6.92 Å². The molecule has 0 aromatic carbocycles. The van der Waals surface area contributed by atoms with Crippen molar-refractivity contribution in [2.45, 2.75) is 33.2 Å². The van der Waals surface area contributed by atoms with Gasteiger partial charge in [-0.25, -0.2) is 4.98 Å². The van der Waals surface area contributed by atoms with Gasteiger partial charge >= 0.3 is 0 Å². The predicted octanol–water partition coefficient (Wildman–Crippen LogP) is 2.24. The van der Waals surface area contributed by atoms with Crippen LogP contribution in [0.25, 0.3) is 5.65 Å². The van der Waals surface area contributed by atoms with E-state index < -0.39 is 0 Å². The van der Waals surface area contributed by atoms with Gasteiger partial charge in [0.15, 0.2) is 0 Å². The standard InChI is InChI=1S/C15H23N3O/c1-3-4-8-17(10-11-19)12-14-13(2)16-15-7-5-6-9-18(14)15/h5-7,9,19H,3-4,8,10-12H2,1-2H3. The topological polar surface area (TPSA) is 40.8 Å². The number of hydrogen-bond donors (Lipinski definition) is 1. The third-order valence-corrected chi connectivity index (χ3v) is 3.45. The highest BCUT2D eigenvalue weighted by molar-refractivity contribution is 5.42. The Morgan fingerprint density at radius 2 is 2.16 bits per heavy atom. The Morgan fingerprint density at radius 3 is 2.89 bits per heavy atom. The Labute approximate surface area is 114 Å². The highest BCUT2D eigenvalue weighted by Gasteiger charge is 2.12. The molecule has 1 N–H and O–H groups in total. The van der Waals surface area contributed by atoms with Crippen molar-refractivity contribution in [1.29, 1.82) is 0 Å². The molecule has 19 heavy (non-hydrogen) atoms. The molecule has 0 aliphatic rings. The number of aromatic nitrogens is 2. The number of rotatable bonds is 7. The second kappa shape index (κ2) is 6.68. The summed E-state index contributed by atoms with van der Waals surface area (Å²) in [5, 5.41) is 9.18. The van der Waals surface area contributed by atoms with Gasteiger partial charge in [-0.05, 0) is 32.0 Å². The Bertz CT molecular complexity index is 521. The van der Waals surface area contributed by atoms with Gasteiger partial charge in [0.2, 0.25) is 0 Å². The summed E-state index contributed by atoms with van der Waals surface area (Å²) < 4.78 is 2.14. The molecule has 4 heteroatoms. The molecular formula is C15H23N3O. The first kappa shape index (κ1) is 14.0. The minimum Gasteiger partial charge on any atom is -0.395 e. The second-order valence-electron chi connectivity index (χ2n) is 4.93. The summed E-state index contributed by atoms with van der Waals surface area (Å²) in [7, 11) is 0. The maximum absolute atomic E-state index is 9.18. The number of imidazole rings is 1. The number of aryl methyl sites for hydroxylation is 1. The Balaban J connectivity index is 2.20. The van der Waals surface area contributed by atoms with Gasteiger partial charge in [-0.3, -0.25) is 4.90 Å². The van der Waals surface area contributed by atoms with E-state index in [1.54, 1.807) is 0 Å². The van der Waals surface area contributed by atoms with Gasteiger partial charge < -0.3 is 9.51 Å². The number of nitrogens with zero attached hydrogens (tertiary/aromatic N) is 3. The molecule has 0 saturated carbocycles. The first-order chi connectivity index (χ1) is 9.26. The van der Waals surface area contributed by atoms with Gasteiger partial charge in [-0.15, -0.1) is 0 Å². The Morgan fingerprint density at radius 1 is 1.32 bits per heavy atom. The zero-order valence-electron chi connectivity index (χ0n) is 11.8. The molecule has 104 valence electrons. The van der Waals surface area contributed by atoms with Crippen LogP contribution in [0.15, 0.2) is 24.4 Å². The van der Waals surface area contributed by atoms with Crippen LogP contribution >= 0.6 is 0 Å². The quantitative estimate of drug-likeness (QED) is 0.831. The van der Waals surface area contributed by atoms with Crippen LogP contribution in [0.5, 0.6) is 0 Å². The molecule has 2 heterocycles. The lowest BCUT2D eigenvalue weighted by molar-refractivity contribution is 0.186. The molecule has 2 rings (SSSR count). The van der Waals surface area contributed by atoms with E-state index in [9.17, 15) is 5.11 Å². The van der Waals surface area contributed by atoms with E-state index >= 15 is 0 Å². The minimum absolute atomic E-state index is 0.208. The number of unbranched alkanes of at least 4 members (excludes halogenated alkanes) is 1. The average molecular weight is 261 g/mol. The maximum atomic E-state index is 9.18. The third kappa shape index (κ3) is 3.33. The second-order valence-corrected chi connectivity index (χ2v) is 4.93. The lowest BCUT2D eigenvalue weighted by Crippen LogP contribution is -2.28. The van der Waals surface area contributed by atoms with E-state index in [0.717, 1.165) is 37.4 Å². The maximum Gasteiger partial charge on any atom is 0.137 e. The molecule has 2 aromatic rings. The summed E-state index contributed by atoms with van der Waals surface area (Å²) in [5.74, 6) is 0. The summed E-state index contributed by atoms with van der Waals surface area (Å²) >= 11 is 0. The van der Waals surface area contributed by atoms with Crippen LogP contribution < -0.4 is 0 Å². The van der Waals surface area contributed by atoms with Crippen LogP contribution in [0.3, 0.4) is 0 Å². The van der Waals surface area contributed by atoms with Crippen molar-refractivity contribution in [3.63, 3.8) is 0 Å². The molecule has 0 saturated heterocycles. The summed E-state index contributed by atoms with van der Waals surface area (Å²) in [6.07, 6.45) is 4.39. The van der Waals surface area contributed by atoms with Crippen molar-refractivity contribution in [3.8, 4) is 0 Å². The van der Waals surface area contributed by atoms with Gasteiger partial charge in [-0.1, -0.05) is 19.4 Å². The van der Waals surface area contributed by atoms with Crippen LogP contribution in [-0.2, 0) is 6.54 Å². The van der Waals surface area contributed by atoms with E-state index in [2.05, 4.69) is 34.3 Å². The van der Waals surface area contributed by atoms with Crippen molar-refractivity contribution < 1.29 is 5.11 Å². The van der Waals surface area contributed by atoms with E-state index in [1.807, 2.05) is 18.2 Å². The number of pyridine rings is 1. The lowest BCUT2D eigenvalue weighted by Gasteiger charge is -2.21. The highest BCUT2D eigenvalue weighted by atomic mass is 16.3.